The molecule has 1 fully saturated rings. The van der Waals surface area contributed by atoms with Gasteiger partial charge in [0.2, 0.25) is 0 Å². The number of carbonyl (C=O) groups excluding carboxylic acids is 1. The Bertz CT molecular complexity index is 737. The number of Topliss-reactive ketones (excluding diaryl/α,β-unsaturated/α-hetero) is 1. The number of hydrogen-bond acceptors (Lipinski definition) is 5. The molecule has 0 unspecified atom stereocenters. The summed E-state index contributed by atoms with van der Waals surface area (Å²) in [5.41, 5.74) is 2.75. The third-order valence-corrected chi connectivity index (χ3v) is 5.54. The molecule has 1 saturated heterocycles. The van der Waals surface area contributed by atoms with Crippen LogP contribution in [0, 0.1) is 11.8 Å². The quantitative estimate of drug-likeness (QED) is 0.215. The molecule has 6 heteroatoms. The van der Waals surface area contributed by atoms with Crippen LogP contribution in [0.25, 0.3) is 0 Å². The Morgan fingerprint density at radius 1 is 1.32 bits per heavy atom. The molecule has 1 N–H and O–H groups in total. The molecule has 1 aliphatic heterocycles. The number of nitrogens with one attached hydrogen (secondary N) is 1. The van der Waals surface area contributed by atoms with Crippen LogP contribution >= 0.6 is 0 Å². The van der Waals surface area contributed by atoms with Crippen molar-refractivity contribution in [3.63, 3.8) is 0 Å². The van der Waals surface area contributed by atoms with Gasteiger partial charge in [0.15, 0.2) is 0 Å². The maximum absolute atomic E-state index is 12.4. The summed E-state index contributed by atoms with van der Waals surface area (Å²) in [5, 5.41) is 3.14. The number of hydrogen-bond donors (Lipinski definition) is 1. The normalized spacial score (nSPS) is 18.0. The summed E-state index contributed by atoms with van der Waals surface area (Å²) >= 11 is 0. The third-order valence-electron chi connectivity index (χ3n) is 5.54. The second-order valence-electron chi connectivity index (χ2n) is 8.25. The summed E-state index contributed by atoms with van der Waals surface area (Å²) in [5.74, 6) is 1.70. The molecule has 0 aromatic rings. The van der Waals surface area contributed by atoms with E-state index in [9.17, 15) is 4.79 Å². The van der Waals surface area contributed by atoms with Gasteiger partial charge < -0.3 is 15.0 Å². The van der Waals surface area contributed by atoms with Crippen molar-refractivity contribution in [2.75, 3.05) is 34.3 Å². The van der Waals surface area contributed by atoms with E-state index in [1.54, 1.807) is 26.6 Å². The number of methoxy groups -OCH3 is 1. The Hall–Kier alpha value is -2.47. The lowest BCUT2D eigenvalue weighted by Gasteiger charge is -2.28. The van der Waals surface area contributed by atoms with Crippen LogP contribution in [0.1, 0.15) is 46.5 Å². The zero-order valence-electron chi connectivity index (χ0n) is 20.1. The molecular weight excluding hydrogens is 388 g/mol. The topological polar surface area (TPSA) is 66.3 Å². The summed E-state index contributed by atoms with van der Waals surface area (Å²) in [6.07, 6.45) is 12.0. The number of aliphatic imine (C=N–C) groups is 2. The minimum atomic E-state index is 0.273. The Morgan fingerprint density at radius 2 is 2.00 bits per heavy atom. The number of ketones is 1. The van der Waals surface area contributed by atoms with E-state index in [1.165, 1.54) is 0 Å². The van der Waals surface area contributed by atoms with E-state index in [-0.39, 0.29) is 5.78 Å². The van der Waals surface area contributed by atoms with E-state index < -0.39 is 0 Å². The monoisotopic (exact) mass is 428 g/mol. The fourth-order valence-electron chi connectivity index (χ4n) is 3.50. The SMILES string of the molecule is C=C/C(OC)=C(\C=C/CC(=O)CC1CCN(C)CC1)N/C=N/C=C(\C(C)=N/C)C(C)C. The van der Waals surface area contributed by atoms with E-state index in [0.29, 0.717) is 36.1 Å². The first kappa shape index (κ1) is 26.6. The first-order valence-corrected chi connectivity index (χ1v) is 11.0. The predicted molar refractivity (Wildman–Crippen MR) is 131 cm³/mol. The lowest BCUT2D eigenvalue weighted by Crippen LogP contribution is -2.31. The average Bonchev–Trinajstić information content (AvgIpc) is 2.74. The largest absolute Gasteiger partial charge is 0.495 e. The maximum atomic E-state index is 12.4. The molecule has 1 heterocycles. The Labute approximate surface area is 188 Å². The molecule has 0 bridgehead atoms. The fourth-order valence-corrected chi connectivity index (χ4v) is 3.50. The highest BCUT2D eigenvalue weighted by atomic mass is 16.5. The van der Waals surface area contributed by atoms with Gasteiger partial charge in [0.05, 0.1) is 19.1 Å². The van der Waals surface area contributed by atoms with Gasteiger partial charge in [-0.25, -0.2) is 4.99 Å². The molecule has 0 spiro atoms. The van der Waals surface area contributed by atoms with Crippen molar-refractivity contribution in [3.8, 4) is 0 Å². The molecular formula is C25H40N4O2. The lowest BCUT2D eigenvalue weighted by atomic mass is 9.91. The van der Waals surface area contributed by atoms with E-state index >= 15 is 0 Å². The third kappa shape index (κ3) is 9.92. The van der Waals surface area contributed by atoms with E-state index in [2.05, 4.69) is 47.7 Å². The van der Waals surface area contributed by atoms with Crippen LogP contribution in [-0.2, 0) is 9.53 Å². The molecule has 0 aliphatic carbocycles. The van der Waals surface area contributed by atoms with Crippen molar-refractivity contribution < 1.29 is 9.53 Å². The van der Waals surface area contributed by atoms with Crippen LogP contribution in [0.3, 0.4) is 0 Å². The fraction of sp³-hybridized carbons (Fsp3) is 0.560. The molecule has 31 heavy (non-hydrogen) atoms. The van der Waals surface area contributed by atoms with Crippen molar-refractivity contribution in [1.82, 2.24) is 10.2 Å². The average molecular weight is 429 g/mol. The van der Waals surface area contributed by atoms with Crippen molar-refractivity contribution in [2.45, 2.75) is 46.5 Å². The molecule has 6 nitrogen and oxygen atoms in total. The van der Waals surface area contributed by atoms with Crippen LogP contribution < -0.4 is 5.32 Å². The van der Waals surface area contributed by atoms with Crippen LogP contribution in [0.2, 0.25) is 0 Å². The number of carbonyl (C=O) groups is 1. The van der Waals surface area contributed by atoms with Crippen LogP contribution in [0.15, 0.2) is 58.0 Å². The highest BCUT2D eigenvalue weighted by molar-refractivity contribution is 5.98. The number of likely N-dealkylation sites (tertiary alicyclic amines) is 1. The van der Waals surface area contributed by atoms with Gasteiger partial charge in [-0.2, -0.15) is 0 Å². The van der Waals surface area contributed by atoms with E-state index in [4.69, 9.17) is 4.74 Å². The molecule has 1 aliphatic rings. The van der Waals surface area contributed by atoms with Gasteiger partial charge in [-0.3, -0.25) is 9.79 Å². The van der Waals surface area contributed by atoms with Crippen molar-refractivity contribution in [2.24, 2.45) is 21.8 Å². The van der Waals surface area contributed by atoms with Crippen LogP contribution in [-0.4, -0.2) is 57.0 Å². The van der Waals surface area contributed by atoms with E-state index in [1.807, 2.05) is 25.3 Å². The molecule has 0 atom stereocenters. The zero-order chi connectivity index (χ0) is 23.2. The van der Waals surface area contributed by atoms with Gasteiger partial charge in [-0.15, -0.1) is 0 Å². The van der Waals surface area contributed by atoms with Crippen LogP contribution in [0.5, 0.6) is 0 Å². The van der Waals surface area contributed by atoms with Gasteiger partial charge in [0, 0.05) is 31.8 Å². The molecule has 0 radical (unpaired) electrons. The summed E-state index contributed by atoms with van der Waals surface area (Å²) in [6, 6.07) is 0. The van der Waals surface area contributed by atoms with Gasteiger partial charge in [0.25, 0.3) is 0 Å². The van der Waals surface area contributed by atoms with Crippen molar-refractivity contribution in [1.29, 1.82) is 0 Å². The van der Waals surface area contributed by atoms with Gasteiger partial charge >= 0.3 is 0 Å². The maximum Gasteiger partial charge on any atom is 0.141 e. The number of allylic oxidation sites excluding steroid dienone is 4. The smallest absolute Gasteiger partial charge is 0.141 e. The Balaban J connectivity index is 2.74. The second kappa shape index (κ2) is 14.5. The Morgan fingerprint density at radius 3 is 2.55 bits per heavy atom. The van der Waals surface area contributed by atoms with Gasteiger partial charge in [-0.1, -0.05) is 26.5 Å². The summed E-state index contributed by atoms with van der Waals surface area (Å²) in [4.78, 5) is 23.3. The molecule has 1 rings (SSSR count). The number of rotatable bonds is 12. The van der Waals surface area contributed by atoms with Crippen LogP contribution in [0.4, 0.5) is 0 Å². The lowest BCUT2D eigenvalue weighted by molar-refractivity contribution is -0.119. The van der Waals surface area contributed by atoms with Gasteiger partial charge in [0.1, 0.15) is 11.5 Å². The molecule has 0 amide bonds. The van der Waals surface area contributed by atoms with Crippen molar-refractivity contribution >= 4 is 17.8 Å². The molecule has 0 saturated carbocycles. The van der Waals surface area contributed by atoms with E-state index in [0.717, 1.165) is 37.2 Å². The number of piperidine rings is 1. The first-order chi connectivity index (χ1) is 14.8. The number of nitrogens with zero attached hydrogens (tertiary/aromatic N) is 3. The highest BCUT2D eigenvalue weighted by Crippen LogP contribution is 2.20. The summed E-state index contributed by atoms with van der Waals surface area (Å²) in [7, 11) is 5.50. The molecule has 0 aromatic heterocycles. The summed E-state index contributed by atoms with van der Waals surface area (Å²) in [6.45, 7) is 12.2. The first-order valence-electron chi connectivity index (χ1n) is 11.0. The predicted octanol–water partition coefficient (Wildman–Crippen LogP) is 4.53. The van der Waals surface area contributed by atoms with Crippen molar-refractivity contribution in [3.05, 3.63) is 48.0 Å². The molecule has 0 aromatic carbocycles. The Kier molecular flexibility index (Phi) is 12.4. The standard InChI is InChI=1S/C25H40N4O2/c1-8-25(31-7)24(28-18-27-17-23(19(2)3)20(4)26-5)11-9-10-22(30)16-21-12-14-29(6)15-13-21/h8-9,11,17-19,21H,1,10,12-16H2,2-7H3,(H,27,28)/b11-9-,23-17-,25-24-,26-20-. The highest BCUT2D eigenvalue weighted by Gasteiger charge is 2.18. The number of ether oxygens (including phenoxy) is 1. The van der Waals surface area contributed by atoms with Gasteiger partial charge in [-0.05, 0) is 69.5 Å². The minimum Gasteiger partial charge on any atom is -0.495 e. The summed E-state index contributed by atoms with van der Waals surface area (Å²) < 4.78 is 5.38. The molecule has 172 valence electrons. The second-order valence-corrected chi connectivity index (χ2v) is 8.25. The minimum absolute atomic E-state index is 0.273. The zero-order valence-corrected chi connectivity index (χ0v) is 20.1.